The Morgan fingerprint density at radius 1 is 0.912 bits per heavy atom. The van der Waals surface area contributed by atoms with E-state index in [1.165, 1.54) is 4.90 Å². The number of oxime groups is 1. The Labute approximate surface area is 198 Å². The molecule has 3 atom stereocenters. The van der Waals surface area contributed by atoms with Gasteiger partial charge in [0.25, 0.3) is 5.91 Å². The van der Waals surface area contributed by atoms with Crippen molar-refractivity contribution in [2.75, 3.05) is 0 Å². The molecule has 0 spiro atoms. The van der Waals surface area contributed by atoms with E-state index in [4.69, 9.17) is 9.57 Å². The predicted molar refractivity (Wildman–Crippen MR) is 128 cm³/mol. The zero-order chi connectivity index (χ0) is 23.7. The van der Waals surface area contributed by atoms with E-state index in [2.05, 4.69) is 5.16 Å². The molecule has 172 valence electrons. The van der Waals surface area contributed by atoms with Gasteiger partial charge in [-0.1, -0.05) is 96.2 Å². The molecule has 1 fully saturated rings. The fourth-order valence-corrected chi connectivity index (χ4v) is 4.73. The second kappa shape index (κ2) is 8.78. The first-order valence-corrected chi connectivity index (χ1v) is 11.4. The number of rotatable bonds is 5. The average Bonchev–Trinajstić information content (AvgIpc) is 3.39. The van der Waals surface area contributed by atoms with E-state index >= 15 is 0 Å². The first-order chi connectivity index (χ1) is 16.5. The molecular weight excluding hydrogens is 428 g/mol. The molecule has 0 bridgehead atoms. The van der Waals surface area contributed by atoms with Crippen LogP contribution in [0.3, 0.4) is 0 Å². The molecule has 0 aromatic heterocycles. The SMILES string of the molecule is CC1(C)OC(=O)N(C(=O)[C@H]2ON=C(c3ccccc3)C2c2ccccc2)[C@H]1Cc1ccccc1. The summed E-state index contributed by atoms with van der Waals surface area (Å²) < 4.78 is 5.65. The van der Waals surface area contributed by atoms with Crippen LogP contribution in [0.5, 0.6) is 0 Å². The largest absolute Gasteiger partial charge is 0.441 e. The van der Waals surface area contributed by atoms with Crippen molar-refractivity contribution in [3.63, 3.8) is 0 Å². The van der Waals surface area contributed by atoms with Crippen LogP contribution in [0.2, 0.25) is 0 Å². The van der Waals surface area contributed by atoms with E-state index in [0.29, 0.717) is 12.1 Å². The van der Waals surface area contributed by atoms with E-state index in [0.717, 1.165) is 16.7 Å². The Morgan fingerprint density at radius 3 is 2.15 bits per heavy atom. The van der Waals surface area contributed by atoms with Crippen molar-refractivity contribution in [3.05, 3.63) is 108 Å². The summed E-state index contributed by atoms with van der Waals surface area (Å²) in [5.74, 6) is -0.898. The molecule has 3 aromatic carbocycles. The van der Waals surface area contributed by atoms with Gasteiger partial charge in [-0.25, -0.2) is 9.69 Å². The van der Waals surface area contributed by atoms with E-state index < -0.39 is 35.7 Å². The molecule has 2 amide bonds. The maximum atomic E-state index is 13.9. The Balaban J connectivity index is 1.50. The van der Waals surface area contributed by atoms with Crippen LogP contribution < -0.4 is 0 Å². The van der Waals surface area contributed by atoms with Gasteiger partial charge in [0.15, 0.2) is 0 Å². The number of amides is 2. The summed E-state index contributed by atoms with van der Waals surface area (Å²) in [5.41, 5.74) is 2.61. The molecule has 0 radical (unpaired) electrons. The Bertz CT molecular complexity index is 1210. The first-order valence-electron chi connectivity index (χ1n) is 11.4. The van der Waals surface area contributed by atoms with Gasteiger partial charge in [-0.05, 0) is 31.4 Å². The molecule has 5 rings (SSSR count). The third-order valence-electron chi connectivity index (χ3n) is 6.50. The fourth-order valence-electron chi connectivity index (χ4n) is 4.73. The number of imide groups is 1. The van der Waals surface area contributed by atoms with Crippen LogP contribution in [-0.4, -0.2) is 40.4 Å². The highest BCUT2D eigenvalue weighted by atomic mass is 16.7. The van der Waals surface area contributed by atoms with Crippen LogP contribution in [0.25, 0.3) is 0 Å². The van der Waals surface area contributed by atoms with Crippen LogP contribution in [0.1, 0.15) is 36.5 Å². The quantitative estimate of drug-likeness (QED) is 0.548. The summed E-state index contributed by atoms with van der Waals surface area (Å²) in [6.45, 7) is 3.67. The molecular formula is C28H26N2O4. The average molecular weight is 455 g/mol. The van der Waals surface area contributed by atoms with E-state index in [-0.39, 0.29) is 0 Å². The molecule has 6 nitrogen and oxygen atoms in total. The van der Waals surface area contributed by atoms with Gasteiger partial charge < -0.3 is 9.57 Å². The number of carbonyl (C=O) groups excluding carboxylic acids is 2. The van der Waals surface area contributed by atoms with Crippen LogP contribution >= 0.6 is 0 Å². The van der Waals surface area contributed by atoms with Gasteiger partial charge in [-0.3, -0.25) is 4.79 Å². The van der Waals surface area contributed by atoms with Crippen molar-refractivity contribution in [2.45, 2.75) is 43.9 Å². The highest BCUT2D eigenvalue weighted by Gasteiger charge is 2.54. The smallest absolute Gasteiger partial charge is 0.417 e. The van der Waals surface area contributed by atoms with Crippen molar-refractivity contribution < 1.29 is 19.2 Å². The topological polar surface area (TPSA) is 68.2 Å². The maximum absolute atomic E-state index is 13.9. The monoisotopic (exact) mass is 454 g/mol. The van der Waals surface area contributed by atoms with Crippen molar-refractivity contribution >= 4 is 17.7 Å². The highest BCUT2D eigenvalue weighted by molar-refractivity contribution is 6.10. The predicted octanol–water partition coefficient (Wildman–Crippen LogP) is 4.94. The minimum Gasteiger partial charge on any atom is -0.441 e. The number of benzene rings is 3. The summed E-state index contributed by atoms with van der Waals surface area (Å²) >= 11 is 0. The molecule has 2 heterocycles. The van der Waals surface area contributed by atoms with E-state index in [9.17, 15) is 9.59 Å². The lowest BCUT2D eigenvalue weighted by atomic mass is 9.85. The van der Waals surface area contributed by atoms with Crippen molar-refractivity contribution in [1.29, 1.82) is 0 Å². The third kappa shape index (κ3) is 3.96. The highest BCUT2D eigenvalue weighted by Crippen LogP contribution is 2.38. The summed E-state index contributed by atoms with van der Waals surface area (Å²) in [6, 6.07) is 28.6. The summed E-state index contributed by atoms with van der Waals surface area (Å²) in [4.78, 5) is 33.9. The zero-order valence-electron chi connectivity index (χ0n) is 19.1. The maximum Gasteiger partial charge on any atom is 0.417 e. The van der Waals surface area contributed by atoms with E-state index in [1.54, 1.807) is 0 Å². The normalized spacial score (nSPS) is 23.2. The van der Waals surface area contributed by atoms with Gasteiger partial charge >= 0.3 is 6.09 Å². The molecule has 2 aliphatic rings. The van der Waals surface area contributed by atoms with Crippen molar-refractivity contribution in [2.24, 2.45) is 5.16 Å². The number of hydrogen-bond acceptors (Lipinski definition) is 5. The number of nitrogens with zero attached hydrogens (tertiary/aromatic N) is 2. The zero-order valence-corrected chi connectivity index (χ0v) is 19.1. The van der Waals surface area contributed by atoms with Gasteiger partial charge in [-0.15, -0.1) is 0 Å². The van der Waals surface area contributed by atoms with Gasteiger partial charge in [-0.2, -0.15) is 0 Å². The van der Waals surface area contributed by atoms with Crippen LogP contribution in [0, 0.1) is 0 Å². The fraction of sp³-hybridized carbons (Fsp3) is 0.250. The second-order valence-electron chi connectivity index (χ2n) is 9.14. The molecule has 1 unspecified atom stereocenters. The molecule has 0 N–H and O–H groups in total. The molecule has 0 saturated carbocycles. The lowest BCUT2D eigenvalue weighted by molar-refractivity contribution is -0.141. The van der Waals surface area contributed by atoms with Crippen LogP contribution in [0.15, 0.2) is 96.2 Å². The number of ether oxygens (including phenoxy) is 1. The molecule has 2 aliphatic heterocycles. The van der Waals surface area contributed by atoms with Gasteiger partial charge in [0, 0.05) is 5.56 Å². The minimum absolute atomic E-state index is 0.444. The minimum atomic E-state index is -0.975. The molecule has 0 aliphatic carbocycles. The lowest BCUT2D eigenvalue weighted by Crippen LogP contribution is -2.51. The Kier molecular flexibility index (Phi) is 5.65. The van der Waals surface area contributed by atoms with Gasteiger partial charge in [0.2, 0.25) is 6.10 Å². The number of cyclic esters (lactones) is 1. The first kappa shape index (κ1) is 21.9. The van der Waals surface area contributed by atoms with Crippen LogP contribution in [0.4, 0.5) is 4.79 Å². The van der Waals surface area contributed by atoms with E-state index in [1.807, 2.05) is 105 Å². The number of hydrogen-bond donors (Lipinski definition) is 0. The summed E-state index contributed by atoms with van der Waals surface area (Å²) in [7, 11) is 0. The van der Waals surface area contributed by atoms with Gasteiger partial charge in [0.1, 0.15) is 5.60 Å². The summed E-state index contributed by atoms with van der Waals surface area (Å²) in [5, 5.41) is 4.33. The van der Waals surface area contributed by atoms with Crippen molar-refractivity contribution in [3.8, 4) is 0 Å². The number of carbonyl (C=O) groups is 2. The van der Waals surface area contributed by atoms with Crippen molar-refractivity contribution in [1.82, 2.24) is 4.90 Å². The molecule has 6 heteroatoms. The molecule has 34 heavy (non-hydrogen) atoms. The molecule has 3 aromatic rings. The Hall–Kier alpha value is -3.93. The second-order valence-corrected chi connectivity index (χ2v) is 9.14. The third-order valence-corrected chi connectivity index (χ3v) is 6.50. The van der Waals surface area contributed by atoms with Crippen LogP contribution in [-0.2, 0) is 20.8 Å². The Morgan fingerprint density at radius 2 is 1.50 bits per heavy atom. The lowest BCUT2D eigenvalue weighted by Gasteiger charge is -2.30. The summed E-state index contributed by atoms with van der Waals surface area (Å²) in [6.07, 6.45) is -1.14. The van der Waals surface area contributed by atoms with Gasteiger partial charge in [0.05, 0.1) is 17.7 Å². The standard InChI is InChI=1S/C28H26N2O4/c1-28(2)22(18-19-12-6-3-7-13-19)30(27(32)33-28)26(31)25-23(20-14-8-4-9-15-20)24(29-34-25)21-16-10-5-11-17-21/h3-17,22-23,25H,18H2,1-2H3/t22-,23?,25-/m0/s1. The molecule has 1 saturated heterocycles.